The van der Waals surface area contributed by atoms with Crippen LogP contribution in [0.4, 0.5) is 0 Å². The third kappa shape index (κ3) is 2.28. The van der Waals surface area contributed by atoms with E-state index >= 15 is 0 Å². The van der Waals surface area contributed by atoms with E-state index in [1.807, 2.05) is 42.7 Å². The fraction of sp³-hybridized carbons (Fsp3) is 0.333. The van der Waals surface area contributed by atoms with Crippen molar-refractivity contribution < 1.29 is 4.79 Å². The largest absolute Gasteiger partial charge is 0.340 e. The summed E-state index contributed by atoms with van der Waals surface area (Å²) < 4.78 is 2.24. The van der Waals surface area contributed by atoms with Gasteiger partial charge >= 0.3 is 0 Å². The molecule has 1 aromatic heterocycles. The van der Waals surface area contributed by atoms with Crippen LogP contribution in [-0.2, 0) is 10.2 Å². The third-order valence-corrected chi connectivity index (χ3v) is 5.81. The summed E-state index contributed by atoms with van der Waals surface area (Å²) in [5, 5.41) is 0. The SMILES string of the molecule is O=C(N1CC[C@H](n2cnc3ccccc32)C1)C1(c2ccccc2)CC1. The Morgan fingerprint density at radius 2 is 1.80 bits per heavy atom. The molecule has 3 aromatic rings. The number of likely N-dealkylation sites (tertiary alicyclic amines) is 1. The first-order chi connectivity index (χ1) is 12.3. The van der Waals surface area contributed by atoms with Gasteiger partial charge in [0.05, 0.1) is 28.8 Å². The number of hydrogen-bond acceptors (Lipinski definition) is 2. The lowest BCUT2D eigenvalue weighted by Gasteiger charge is -2.24. The number of fused-ring (bicyclic) bond motifs is 1. The second-order valence-electron chi connectivity index (χ2n) is 7.28. The Labute approximate surface area is 147 Å². The second-order valence-corrected chi connectivity index (χ2v) is 7.28. The number of imidazole rings is 1. The molecular weight excluding hydrogens is 310 g/mol. The van der Waals surface area contributed by atoms with Gasteiger partial charge in [-0.05, 0) is 37.0 Å². The average Bonchev–Trinajstić information content (AvgIpc) is 3.13. The number of rotatable bonds is 3. The predicted octanol–water partition coefficient (Wildman–Crippen LogP) is 3.54. The molecule has 0 unspecified atom stereocenters. The van der Waals surface area contributed by atoms with Crippen LogP contribution in [0.25, 0.3) is 11.0 Å². The minimum absolute atomic E-state index is 0.257. The lowest BCUT2D eigenvalue weighted by molar-refractivity contribution is -0.133. The summed E-state index contributed by atoms with van der Waals surface area (Å²) in [5.74, 6) is 0.311. The Bertz CT molecular complexity index is 926. The fourth-order valence-corrected chi connectivity index (χ4v) is 4.23. The Kier molecular flexibility index (Phi) is 3.20. The highest BCUT2D eigenvalue weighted by atomic mass is 16.2. The molecule has 1 saturated heterocycles. The van der Waals surface area contributed by atoms with Crippen molar-refractivity contribution in [2.75, 3.05) is 13.1 Å². The van der Waals surface area contributed by atoms with Gasteiger partial charge in [-0.15, -0.1) is 0 Å². The van der Waals surface area contributed by atoms with Crippen LogP contribution in [0.15, 0.2) is 60.9 Å². The van der Waals surface area contributed by atoms with Crippen molar-refractivity contribution in [1.29, 1.82) is 0 Å². The smallest absolute Gasteiger partial charge is 0.233 e. The van der Waals surface area contributed by atoms with Crippen LogP contribution < -0.4 is 0 Å². The first-order valence-corrected chi connectivity index (χ1v) is 9.04. The maximum Gasteiger partial charge on any atom is 0.233 e. The average molecular weight is 331 g/mol. The van der Waals surface area contributed by atoms with Crippen molar-refractivity contribution in [3.8, 4) is 0 Å². The zero-order valence-corrected chi connectivity index (χ0v) is 14.1. The van der Waals surface area contributed by atoms with E-state index in [1.54, 1.807) is 0 Å². The maximum absolute atomic E-state index is 13.2. The molecule has 1 aliphatic heterocycles. The van der Waals surface area contributed by atoms with Crippen molar-refractivity contribution in [2.24, 2.45) is 0 Å². The summed E-state index contributed by atoms with van der Waals surface area (Å²) in [6, 6.07) is 18.8. The summed E-state index contributed by atoms with van der Waals surface area (Å²) in [4.78, 5) is 19.8. The number of para-hydroxylation sites is 2. The standard InChI is InChI=1S/C21H21N3O/c25-20(21(11-12-21)16-6-2-1-3-7-16)23-13-10-17(14-23)24-15-22-18-8-4-5-9-19(18)24/h1-9,15,17H,10-14H2/t17-/m0/s1. The van der Waals surface area contributed by atoms with E-state index in [2.05, 4.69) is 32.7 Å². The highest BCUT2D eigenvalue weighted by molar-refractivity contribution is 5.91. The van der Waals surface area contributed by atoms with Gasteiger partial charge in [-0.25, -0.2) is 4.98 Å². The molecule has 0 radical (unpaired) electrons. The molecule has 0 bridgehead atoms. The summed E-state index contributed by atoms with van der Waals surface area (Å²) in [6.07, 6.45) is 4.88. The van der Waals surface area contributed by atoms with E-state index in [0.717, 1.165) is 43.4 Å². The van der Waals surface area contributed by atoms with Gasteiger partial charge in [-0.2, -0.15) is 0 Å². The van der Waals surface area contributed by atoms with E-state index in [4.69, 9.17) is 0 Å². The van der Waals surface area contributed by atoms with Gasteiger partial charge < -0.3 is 9.47 Å². The van der Waals surface area contributed by atoms with Crippen molar-refractivity contribution in [3.63, 3.8) is 0 Å². The molecule has 0 N–H and O–H groups in total. The molecule has 126 valence electrons. The highest BCUT2D eigenvalue weighted by Gasteiger charge is 2.53. The van der Waals surface area contributed by atoms with Gasteiger partial charge in [-0.1, -0.05) is 42.5 Å². The van der Waals surface area contributed by atoms with E-state index in [0.29, 0.717) is 11.9 Å². The second kappa shape index (κ2) is 5.45. The monoisotopic (exact) mass is 331 g/mol. The molecule has 4 heteroatoms. The molecule has 5 rings (SSSR count). The molecule has 2 aliphatic rings. The third-order valence-electron chi connectivity index (χ3n) is 5.81. The van der Waals surface area contributed by atoms with E-state index < -0.39 is 0 Å². The summed E-state index contributed by atoms with van der Waals surface area (Å²) >= 11 is 0. The van der Waals surface area contributed by atoms with Crippen molar-refractivity contribution in [3.05, 3.63) is 66.5 Å². The number of amides is 1. The molecular formula is C21H21N3O. The van der Waals surface area contributed by atoms with Gasteiger partial charge in [-0.3, -0.25) is 4.79 Å². The zero-order valence-electron chi connectivity index (χ0n) is 14.1. The van der Waals surface area contributed by atoms with Crippen LogP contribution >= 0.6 is 0 Å². The molecule has 1 amide bonds. The van der Waals surface area contributed by atoms with Crippen molar-refractivity contribution in [2.45, 2.75) is 30.7 Å². The minimum Gasteiger partial charge on any atom is -0.340 e. The number of carbonyl (C=O) groups excluding carboxylic acids is 1. The van der Waals surface area contributed by atoms with E-state index in [-0.39, 0.29) is 5.41 Å². The number of hydrogen-bond donors (Lipinski definition) is 0. The Morgan fingerprint density at radius 1 is 1.04 bits per heavy atom. The Balaban J connectivity index is 1.38. The van der Waals surface area contributed by atoms with Gasteiger partial charge in [0.15, 0.2) is 0 Å². The van der Waals surface area contributed by atoms with E-state index in [9.17, 15) is 4.79 Å². The molecule has 2 aromatic carbocycles. The van der Waals surface area contributed by atoms with Crippen LogP contribution in [0.3, 0.4) is 0 Å². The first kappa shape index (κ1) is 14.7. The molecule has 1 saturated carbocycles. The molecule has 25 heavy (non-hydrogen) atoms. The van der Waals surface area contributed by atoms with Crippen LogP contribution in [0.2, 0.25) is 0 Å². The van der Waals surface area contributed by atoms with Gasteiger partial charge in [0.1, 0.15) is 0 Å². The van der Waals surface area contributed by atoms with Crippen molar-refractivity contribution >= 4 is 16.9 Å². The molecule has 1 aliphatic carbocycles. The van der Waals surface area contributed by atoms with Crippen LogP contribution in [-0.4, -0.2) is 33.4 Å². The minimum atomic E-state index is -0.257. The predicted molar refractivity (Wildman–Crippen MR) is 97.3 cm³/mol. The quantitative estimate of drug-likeness (QED) is 0.736. The summed E-state index contributed by atoms with van der Waals surface area (Å²) in [6.45, 7) is 1.62. The Morgan fingerprint density at radius 3 is 2.60 bits per heavy atom. The summed E-state index contributed by atoms with van der Waals surface area (Å²) in [5.41, 5.74) is 3.10. The molecule has 2 heterocycles. The lowest BCUT2D eigenvalue weighted by Crippen LogP contribution is -2.38. The molecule has 0 spiro atoms. The lowest BCUT2D eigenvalue weighted by atomic mass is 9.94. The van der Waals surface area contributed by atoms with Gasteiger partial charge in [0.2, 0.25) is 5.91 Å². The normalized spacial score (nSPS) is 21.6. The molecule has 1 atom stereocenters. The zero-order chi connectivity index (χ0) is 16.9. The maximum atomic E-state index is 13.2. The Hall–Kier alpha value is -2.62. The fourth-order valence-electron chi connectivity index (χ4n) is 4.23. The van der Waals surface area contributed by atoms with Crippen molar-refractivity contribution in [1.82, 2.24) is 14.5 Å². The van der Waals surface area contributed by atoms with Gasteiger partial charge in [0, 0.05) is 13.1 Å². The van der Waals surface area contributed by atoms with Crippen LogP contribution in [0.1, 0.15) is 30.9 Å². The van der Waals surface area contributed by atoms with Gasteiger partial charge in [0.25, 0.3) is 0 Å². The van der Waals surface area contributed by atoms with Crippen LogP contribution in [0.5, 0.6) is 0 Å². The number of aromatic nitrogens is 2. The summed E-state index contributed by atoms with van der Waals surface area (Å²) in [7, 11) is 0. The first-order valence-electron chi connectivity index (χ1n) is 9.04. The van der Waals surface area contributed by atoms with Crippen LogP contribution in [0, 0.1) is 0 Å². The molecule has 4 nitrogen and oxygen atoms in total. The number of benzene rings is 2. The highest BCUT2D eigenvalue weighted by Crippen LogP contribution is 2.50. The topological polar surface area (TPSA) is 38.1 Å². The molecule has 2 fully saturated rings. The number of carbonyl (C=O) groups is 1. The van der Waals surface area contributed by atoms with E-state index in [1.165, 1.54) is 5.56 Å². The number of nitrogens with zero attached hydrogens (tertiary/aromatic N) is 3.